The lowest BCUT2D eigenvalue weighted by atomic mass is 9.95. The van der Waals surface area contributed by atoms with Crippen molar-refractivity contribution in [1.29, 1.82) is 0 Å². The van der Waals surface area contributed by atoms with Crippen molar-refractivity contribution in [3.63, 3.8) is 0 Å². The van der Waals surface area contributed by atoms with Crippen LogP contribution in [-0.2, 0) is 5.41 Å². The molecule has 0 saturated heterocycles. The van der Waals surface area contributed by atoms with Crippen LogP contribution in [0, 0.1) is 3.57 Å². The summed E-state index contributed by atoms with van der Waals surface area (Å²) in [6, 6.07) is 4.25. The molecule has 0 fully saturated rings. The van der Waals surface area contributed by atoms with E-state index in [2.05, 4.69) is 74.3 Å². The van der Waals surface area contributed by atoms with Crippen LogP contribution in [0.3, 0.4) is 0 Å². The van der Waals surface area contributed by atoms with Crippen LogP contribution in [0.2, 0.25) is 5.15 Å². The van der Waals surface area contributed by atoms with Gasteiger partial charge in [0.1, 0.15) is 5.15 Å². The van der Waals surface area contributed by atoms with E-state index in [1.165, 1.54) is 4.88 Å². The predicted molar refractivity (Wildman–Crippen MR) is 95.9 cm³/mol. The van der Waals surface area contributed by atoms with E-state index in [9.17, 15) is 0 Å². The standard InChI is InChI=1S/C15H18ClIN2S/c1-8(2)12-11(17)13(16)19-14(18-12)9-6-7-10(20-9)15(3,4)5/h6-8H,1-5H3. The molecule has 20 heavy (non-hydrogen) atoms. The Labute approximate surface area is 143 Å². The van der Waals surface area contributed by atoms with E-state index in [1.54, 1.807) is 11.3 Å². The molecule has 0 aliphatic carbocycles. The minimum Gasteiger partial charge on any atom is -0.231 e. The molecular weight excluding hydrogens is 403 g/mol. The Morgan fingerprint density at radius 1 is 1.20 bits per heavy atom. The third kappa shape index (κ3) is 3.34. The fourth-order valence-corrected chi connectivity index (χ4v) is 3.83. The highest BCUT2D eigenvalue weighted by molar-refractivity contribution is 14.1. The highest BCUT2D eigenvalue weighted by Gasteiger charge is 2.19. The highest BCUT2D eigenvalue weighted by atomic mass is 127. The molecule has 2 nitrogen and oxygen atoms in total. The van der Waals surface area contributed by atoms with Gasteiger partial charge in [0.15, 0.2) is 5.82 Å². The molecule has 0 N–H and O–H groups in total. The second-order valence-corrected chi connectivity index (χ2v) is 8.63. The lowest BCUT2D eigenvalue weighted by molar-refractivity contribution is 0.604. The molecule has 2 aromatic heterocycles. The van der Waals surface area contributed by atoms with Gasteiger partial charge in [-0.2, -0.15) is 0 Å². The van der Waals surface area contributed by atoms with Crippen LogP contribution in [0.15, 0.2) is 12.1 Å². The Kier molecular flexibility index (Phi) is 4.76. The molecular formula is C15H18ClIN2S. The topological polar surface area (TPSA) is 25.8 Å². The van der Waals surface area contributed by atoms with Crippen LogP contribution in [-0.4, -0.2) is 9.97 Å². The van der Waals surface area contributed by atoms with Crippen molar-refractivity contribution < 1.29 is 0 Å². The van der Waals surface area contributed by atoms with Gasteiger partial charge < -0.3 is 0 Å². The number of thiophene rings is 1. The first-order chi connectivity index (χ1) is 9.20. The maximum Gasteiger partial charge on any atom is 0.171 e. The molecule has 5 heteroatoms. The summed E-state index contributed by atoms with van der Waals surface area (Å²) in [5, 5.41) is 0.546. The number of rotatable bonds is 2. The highest BCUT2D eigenvalue weighted by Crippen LogP contribution is 2.35. The smallest absolute Gasteiger partial charge is 0.171 e. The van der Waals surface area contributed by atoms with E-state index in [-0.39, 0.29) is 5.41 Å². The number of hydrogen-bond donors (Lipinski definition) is 0. The SMILES string of the molecule is CC(C)c1nc(-c2ccc(C(C)(C)C)s2)nc(Cl)c1I. The van der Waals surface area contributed by atoms with E-state index in [0.29, 0.717) is 11.1 Å². The molecule has 2 heterocycles. The van der Waals surface area contributed by atoms with Crippen molar-refractivity contribution in [2.75, 3.05) is 0 Å². The first kappa shape index (κ1) is 16.2. The normalized spacial score (nSPS) is 12.2. The third-order valence-corrected chi connectivity index (χ3v) is 6.11. The van der Waals surface area contributed by atoms with Gasteiger partial charge in [-0.05, 0) is 46.1 Å². The summed E-state index contributed by atoms with van der Waals surface area (Å²) in [7, 11) is 0. The van der Waals surface area contributed by atoms with Gasteiger partial charge in [-0.1, -0.05) is 46.2 Å². The summed E-state index contributed by atoms with van der Waals surface area (Å²) in [5.74, 6) is 1.07. The van der Waals surface area contributed by atoms with Crippen LogP contribution in [0.1, 0.15) is 51.1 Å². The van der Waals surface area contributed by atoms with Gasteiger partial charge in [0.2, 0.25) is 0 Å². The Bertz CT molecular complexity index is 629. The van der Waals surface area contributed by atoms with Crippen LogP contribution in [0.25, 0.3) is 10.7 Å². The fraction of sp³-hybridized carbons (Fsp3) is 0.467. The van der Waals surface area contributed by atoms with Crippen molar-refractivity contribution in [1.82, 2.24) is 9.97 Å². The zero-order valence-corrected chi connectivity index (χ0v) is 16.0. The molecule has 0 atom stereocenters. The second-order valence-electron chi connectivity index (χ2n) is 6.11. The van der Waals surface area contributed by atoms with E-state index < -0.39 is 0 Å². The average Bonchev–Trinajstić information content (AvgIpc) is 2.81. The van der Waals surface area contributed by atoms with Gasteiger partial charge in [0.25, 0.3) is 0 Å². The van der Waals surface area contributed by atoms with E-state index in [4.69, 9.17) is 16.6 Å². The Morgan fingerprint density at radius 2 is 1.85 bits per heavy atom. The number of nitrogens with zero attached hydrogens (tertiary/aromatic N) is 2. The van der Waals surface area contributed by atoms with E-state index in [1.807, 2.05) is 0 Å². The second kappa shape index (κ2) is 5.89. The van der Waals surface area contributed by atoms with Crippen LogP contribution >= 0.6 is 45.5 Å². The molecule has 0 saturated carbocycles. The fourth-order valence-electron chi connectivity index (χ4n) is 1.79. The quantitative estimate of drug-likeness (QED) is 0.447. The Hall–Kier alpha value is -0.200. The van der Waals surface area contributed by atoms with Crippen molar-refractivity contribution in [2.24, 2.45) is 0 Å². The van der Waals surface area contributed by atoms with Gasteiger partial charge in [0, 0.05) is 4.88 Å². The minimum absolute atomic E-state index is 0.150. The number of halogens is 2. The average molecular weight is 421 g/mol. The molecule has 0 aromatic carbocycles. The zero-order chi connectivity index (χ0) is 15.1. The lowest BCUT2D eigenvalue weighted by Gasteiger charge is -2.15. The van der Waals surface area contributed by atoms with Crippen molar-refractivity contribution in [3.8, 4) is 10.7 Å². The number of hydrogen-bond acceptors (Lipinski definition) is 3. The van der Waals surface area contributed by atoms with Gasteiger partial charge in [-0.25, -0.2) is 9.97 Å². The third-order valence-electron chi connectivity index (χ3n) is 2.95. The monoisotopic (exact) mass is 420 g/mol. The first-order valence-corrected chi connectivity index (χ1v) is 8.81. The maximum absolute atomic E-state index is 6.26. The van der Waals surface area contributed by atoms with Gasteiger partial charge in [-0.3, -0.25) is 0 Å². The van der Waals surface area contributed by atoms with Crippen molar-refractivity contribution in [3.05, 3.63) is 31.4 Å². The zero-order valence-electron chi connectivity index (χ0n) is 12.3. The molecule has 2 aromatic rings. The lowest BCUT2D eigenvalue weighted by Crippen LogP contribution is -2.07. The number of aromatic nitrogens is 2. The van der Waals surface area contributed by atoms with Crippen LogP contribution < -0.4 is 0 Å². The van der Waals surface area contributed by atoms with Crippen LogP contribution in [0.4, 0.5) is 0 Å². The van der Waals surface area contributed by atoms with Gasteiger partial charge in [0.05, 0.1) is 14.1 Å². The molecule has 0 radical (unpaired) electrons. The molecule has 0 unspecified atom stereocenters. The predicted octanol–water partition coefficient (Wildman–Crippen LogP) is 5.88. The summed E-state index contributed by atoms with van der Waals surface area (Å²) in [6.07, 6.45) is 0. The molecule has 2 rings (SSSR count). The Morgan fingerprint density at radius 3 is 2.35 bits per heavy atom. The molecule has 0 bridgehead atoms. The summed E-state index contributed by atoms with van der Waals surface area (Å²) in [6.45, 7) is 10.9. The Balaban J connectivity index is 2.51. The largest absolute Gasteiger partial charge is 0.231 e. The van der Waals surface area contributed by atoms with E-state index >= 15 is 0 Å². The van der Waals surface area contributed by atoms with Gasteiger partial charge >= 0.3 is 0 Å². The summed E-state index contributed by atoms with van der Waals surface area (Å²) < 4.78 is 0.954. The minimum atomic E-state index is 0.150. The summed E-state index contributed by atoms with van der Waals surface area (Å²) >= 11 is 10.2. The van der Waals surface area contributed by atoms with E-state index in [0.717, 1.165) is 20.0 Å². The van der Waals surface area contributed by atoms with Crippen molar-refractivity contribution >= 4 is 45.5 Å². The molecule has 0 amide bonds. The molecule has 0 aliphatic rings. The molecule has 108 valence electrons. The summed E-state index contributed by atoms with van der Waals surface area (Å²) in [4.78, 5) is 11.6. The van der Waals surface area contributed by atoms with Gasteiger partial charge in [-0.15, -0.1) is 11.3 Å². The first-order valence-electron chi connectivity index (χ1n) is 6.53. The molecule has 0 aliphatic heterocycles. The molecule has 0 spiro atoms. The van der Waals surface area contributed by atoms with Crippen molar-refractivity contribution in [2.45, 2.75) is 46.0 Å². The summed E-state index contributed by atoms with van der Waals surface area (Å²) in [5.41, 5.74) is 1.17. The maximum atomic E-state index is 6.26. The van der Waals surface area contributed by atoms with Crippen LogP contribution in [0.5, 0.6) is 0 Å².